The number of carbonyl (C=O) groups excluding carboxylic acids is 2. The van der Waals surface area contributed by atoms with E-state index in [2.05, 4.69) is 43.2 Å². The van der Waals surface area contributed by atoms with Crippen LogP contribution < -0.4 is 11.1 Å². The number of nitrogens with zero attached hydrogens (tertiary/aromatic N) is 1. The maximum atomic E-state index is 12.9. The molecule has 2 aromatic carbocycles. The quantitative estimate of drug-likeness (QED) is 0.215. The Kier molecular flexibility index (Phi) is 12.8. The van der Waals surface area contributed by atoms with Gasteiger partial charge in [-0.05, 0) is 100 Å². The van der Waals surface area contributed by atoms with Crippen LogP contribution in [0, 0.1) is 53.4 Å². The van der Waals surface area contributed by atoms with Crippen molar-refractivity contribution < 1.29 is 32.2 Å². The summed E-state index contributed by atoms with van der Waals surface area (Å²) in [6.07, 6.45) is -1.58. The van der Waals surface area contributed by atoms with Crippen molar-refractivity contribution in [1.82, 2.24) is 4.98 Å². The molecular weight excluding hydrogens is 679 g/mol. The minimum atomic E-state index is -4.50. The first-order chi connectivity index (χ1) is 24.0. The fourth-order valence-corrected chi connectivity index (χ4v) is 7.72. The highest BCUT2D eigenvalue weighted by molar-refractivity contribution is 6.33. The summed E-state index contributed by atoms with van der Waals surface area (Å²) in [7, 11) is 3.21. The van der Waals surface area contributed by atoms with Gasteiger partial charge in [0.2, 0.25) is 0 Å². The van der Waals surface area contributed by atoms with Crippen LogP contribution in [0.1, 0.15) is 75.8 Å². The van der Waals surface area contributed by atoms with E-state index >= 15 is 0 Å². The van der Waals surface area contributed by atoms with E-state index in [9.17, 15) is 22.8 Å². The lowest BCUT2D eigenvalue weighted by atomic mass is 9.92. The Hall–Kier alpha value is -4.15. The standard InChI is InChI=1S/C23H24ClF3N2O2.C17H23NO2/c1-12-7-13(2)19(14(3)8-12)20-18(30)9-15(21(20)31-4)5-6-28-22-17(24)10-16(11-29-22)23(25,26)27;1-10-7-11(2)15(12(3)8-10)16-14(19)9-13(5-6-18)17(16)20-4/h7-8,10-11,15H,5-6,9H2,1-4H3,(H,28,29);7-8,13H,5-6,9,18H2,1-4H3. The molecule has 11 heteroatoms. The van der Waals surface area contributed by atoms with Crippen molar-refractivity contribution in [2.75, 3.05) is 32.6 Å². The number of halogens is 4. The molecule has 0 aliphatic heterocycles. The van der Waals surface area contributed by atoms with Gasteiger partial charge in [0, 0.05) is 37.4 Å². The maximum Gasteiger partial charge on any atom is 0.417 e. The number of nitrogens with one attached hydrogen (secondary N) is 1. The first-order valence-electron chi connectivity index (χ1n) is 17.0. The highest BCUT2D eigenvalue weighted by atomic mass is 35.5. The molecular formula is C40H47ClF3N3O4. The molecule has 0 spiro atoms. The summed E-state index contributed by atoms with van der Waals surface area (Å²) in [6.45, 7) is 13.1. The summed E-state index contributed by atoms with van der Waals surface area (Å²) in [6, 6.07) is 9.17. The third-order valence-corrected chi connectivity index (χ3v) is 9.71. The molecule has 0 bridgehead atoms. The second kappa shape index (κ2) is 16.5. The van der Waals surface area contributed by atoms with E-state index in [1.54, 1.807) is 14.2 Å². The molecule has 7 nitrogen and oxygen atoms in total. The van der Waals surface area contributed by atoms with Gasteiger partial charge in [-0.25, -0.2) is 4.98 Å². The fraction of sp³-hybridized carbons (Fsp3) is 0.425. The summed E-state index contributed by atoms with van der Waals surface area (Å²) in [5, 5.41) is 2.86. The van der Waals surface area contributed by atoms with Crippen LogP contribution in [0.3, 0.4) is 0 Å². The van der Waals surface area contributed by atoms with Crippen molar-refractivity contribution >= 4 is 40.1 Å². The second-order valence-electron chi connectivity index (χ2n) is 13.4. The average Bonchev–Trinajstić information content (AvgIpc) is 3.51. The zero-order valence-corrected chi connectivity index (χ0v) is 31.3. The Morgan fingerprint density at radius 1 is 0.784 bits per heavy atom. The van der Waals surface area contributed by atoms with Crippen molar-refractivity contribution in [2.45, 2.75) is 73.4 Å². The Morgan fingerprint density at radius 3 is 1.59 bits per heavy atom. The molecule has 0 fully saturated rings. The number of pyridine rings is 1. The predicted octanol–water partition coefficient (Wildman–Crippen LogP) is 9.03. The van der Waals surface area contributed by atoms with Gasteiger partial charge in [-0.1, -0.05) is 47.0 Å². The number of allylic oxidation sites excluding steroid dienone is 4. The van der Waals surface area contributed by atoms with Gasteiger partial charge in [-0.3, -0.25) is 9.59 Å². The maximum absolute atomic E-state index is 12.9. The summed E-state index contributed by atoms with van der Waals surface area (Å²) in [4.78, 5) is 29.1. The molecule has 3 aromatic rings. The van der Waals surface area contributed by atoms with Gasteiger partial charge in [0.25, 0.3) is 0 Å². The van der Waals surface area contributed by atoms with Crippen LogP contribution in [0.2, 0.25) is 5.02 Å². The SMILES string of the molecule is COC1=C(c2c(C)cc(C)cc2C)C(=O)CC1CCN.COC1=C(c2c(C)cc(C)cc2C)C(=O)CC1CCNc1ncc(C(F)(F)F)cc1Cl. The third kappa shape index (κ3) is 8.84. The number of nitrogens with two attached hydrogens (primary N) is 1. The number of aromatic nitrogens is 1. The van der Waals surface area contributed by atoms with Crippen LogP contribution in [-0.2, 0) is 25.2 Å². The molecule has 0 saturated heterocycles. The smallest absolute Gasteiger partial charge is 0.417 e. The number of benzene rings is 2. The van der Waals surface area contributed by atoms with Crippen LogP contribution >= 0.6 is 11.6 Å². The van der Waals surface area contributed by atoms with E-state index in [-0.39, 0.29) is 34.2 Å². The minimum Gasteiger partial charge on any atom is -0.500 e. The van der Waals surface area contributed by atoms with Gasteiger partial charge in [0.15, 0.2) is 11.6 Å². The number of carbonyl (C=O) groups is 2. The Bertz CT molecular complexity index is 1840. The van der Waals surface area contributed by atoms with E-state index in [0.717, 1.165) is 69.0 Å². The lowest BCUT2D eigenvalue weighted by molar-refractivity contribution is -0.137. The van der Waals surface area contributed by atoms with Crippen LogP contribution in [0.5, 0.6) is 0 Å². The number of rotatable bonds is 10. The van der Waals surface area contributed by atoms with E-state index < -0.39 is 11.7 Å². The molecule has 0 radical (unpaired) electrons. The first kappa shape index (κ1) is 39.6. The Labute approximate surface area is 303 Å². The minimum absolute atomic E-state index is 0.0302. The summed E-state index contributed by atoms with van der Waals surface area (Å²) < 4.78 is 49.5. The number of anilines is 1. The van der Waals surface area contributed by atoms with E-state index in [1.807, 2.05) is 32.9 Å². The molecule has 51 heavy (non-hydrogen) atoms. The molecule has 1 heterocycles. The molecule has 5 rings (SSSR count). The molecule has 0 amide bonds. The van der Waals surface area contributed by atoms with Crippen molar-refractivity contribution in [2.24, 2.45) is 17.6 Å². The lowest BCUT2D eigenvalue weighted by Crippen LogP contribution is -2.12. The first-order valence-corrected chi connectivity index (χ1v) is 17.4. The van der Waals surface area contributed by atoms with Crippen LogP contribution in [0.25, 0.3) is 11.1 Å². The zero-order valence-electron chi connectivity index (χ0n) is 30.5. The van der Waals surface area contributed by atoms with Crippen molar-refractivity contribution in [3.05, 3.63) is 103 Å². The number of aryl methyl sites for hydroxylation is 6. The molecule has 3 N–H and O–H groups in total. The summed E-state index contributed by atoms with van der Waals surface area (Å²) in [5.74, 6) is 1.84. The highest BCUT2D eigenvalue weighted by Gasteiger charge is 2.37. The topological polar surface area (TPSA) is 104 Å². The van der Waals surface area contributed by atoms with Crippen LogP contribution in [0.4, 0.5) is 19.0 Å². The van der Waals surface area contributed by atoms with Gasteiger partial charge in [-0.15, -0.1) is 0 Å². The fourth-order valence-electron chi connectivity index (χ4n) is 7.49. The van der Waals surface area contributed by atoms with Gasteiger partial charge in [0.05, 0.1) is 36.0 Å². The van der Waals surface area contributed by atoms with E-state index in [4.69, 9.17) is 26.8 Å². The molecule has 2 aliphatic carbocycles. The molecule has 274 valence electrons. The second-order valence-corrected chi connectivity index (χ2v) is 13.8. The predicted molar refractivity (Wildman–Crippen MR) is 196 cm³/mol. The number of hydrogen-bond donors (Lipinski definition) is 2. The third-order valence-electron chi connectivity index (χ3n) is 9.42. The van der Waals surface area contributed by atoms with Gasteiger partial charge < -0.3 is 20.5 Å². The summed E-state index contributed by atoms with van der Waals surface area (Å²) in [5.41, 5.74) is 14.7. The normalized spacial score (nSPS) is 17.6. The van der Waals surface area contributed by atoms with Crippen LogP contribution in [-0.4, -0.2) is 43.9 Å². The number of ketones is 2. The zero-order chi connectivity index (χ0) is 37.8. The Balaban J connectivity index is 0.000000251. The molecule has 1 aromatic heterocycles. The van der Waals surface area contributed by atoms with E-state index in [1.165, 1.54) is 5.56 Å². The molecule has 0 saturated carbocycles. The van der Waals surface area contributed by atoms with E-state index in [0.29, 0.717) is 43.7 Å². The van der Waals surface area contributed by atoms with Crippen molar-refractivity contribution in [1.29, 1.82) is 0 Å². The number of Topliss-reactive ketones (excluding diaryl/α,β-unsaturated/α-hetero) is 2. The van der Waals surface area contributed by atoms with Crippen LogP contribution in [0.15, 0.2) is 48.0 Å². The average molecular weight is 726 g/mol. The molecule has 2 atom stereocenters. The van der Waals surface area contributed by atoms with Gasteiger partial charge in [-0.2, -0.15) is 13.2 Å². The number of ether oxygens (including phenoxy) is 2. The number of hydrogen-bond acceptors (Lipinski definition) is 7. The van der Waals surface area contributed by atoms with Gasteiger partial charge >= 0.3 is 6.18 Å². The van der Waals surface area contributed by atoms with Crippen molar-refractivity contribution in [3.63, 3.8) is 0 Å². The van der Waals surface area contributed by atoms with Crippen molar-refractivity contribution in [3.8, 4) is 0 Å². The molecule has 2 unspecified atom stereocenters. The van der Waals surface area contributed by atoms with Gasteiger partial charge in [0.1, 0.15) is 17.3 Å². The Morgan fingerprint density at radius 2 is 1.22 bits per heavy atom. The lowest BCUT2D eigenvalue weighted by Gasteiger charge is -2.17. The number of alkyl halides is 3. The monoisotopic (exact) mass is 725 g/mol. The highest BCUT2D eigenvalue weighted by Crippen LogP contribution is 2.42. The largest absolute Gasteiger partial charge is 0.500 e. The summed E-state index contributed by atoms with van der Waals surface area (Å²) >= 11 is 5.95. The number of methoxy groups -OCH3 is 2. The molecule has 2 aliphatic rings.